The number of hydrogen-bond acceptors (Lipinski definition) is 3. The fraction of sp³-hybridized carbons (Fsp3) is 0.750. The molecule has 1 fully saturated rings. The number of nitrogens with zero attached hydrogens (tertiary/aromatic N) is 1. The molecule has 0 spiro atoms. The van der Waals surface area contributed by atoms with Crippen LogP contribution >= 0.6 is 0 Å². The molecule has 0 aliphatic carbocycles. The normalized spacial score (nSPS) is 29.9. The Morgan fingerprint density at radius 2 is 2.31 bits per heavy atom. The summed E-state index contributed by atoms with van der Waals surface area (Å²) in [7, 11) is 0. The van der Waals surface area contributed by atoms with Crippen molar-refractivity contribution in [2.75, 3.05) is 6.61 Å². The van der Waals surface area contributed by atoms with Crippen molar-refractivity contribution in [3.8, 4) is 0 Å². The van der Waals surface area contributed by atoms with Gasteiger partial charge in [-0.1, -0.05) is 0 Å². The maximum Gasteiger partial charge on any atom is 0.0726 e. The van der Waals surface area contributed by atoms with Gasteiger partial charge in [-0.2, -0.15) is 5.10 Å². The topological polar surface area (TPSA) is 49.9 Å². The Morgan fingerprint density at radius 3 is 2.81 bits per heavy atom. The first-order chi connectivity index (χ1) is 7.53. The molecular formula is C12H21N3O. The molecule has 1 saturated heterocycles. The van der Waals surface area contributed by atoms with Gasteiger partial charge in [-0.3, -0.25) is 5.10 Å². The average Bonchev–Trinajstić information content (AvgIpc) is 2.72. The van der Waals surface area contributed by atoms with E-state index in [1.165, 1.54) is 5.56 Å². The summed E-state index contributed by atoms with van der Waals surface area (Å²) in [6, 6.07) is 0. The first-order valence-corrected chi connectivity index (χ1v) is 5.90. The number of aromatic nitrogens is 2. The minimum Gasteiger partial charge on any atom is -0.377 e. The molecule has 2 heterocycles. The van der Waals surface area contributed by atoms with E-state index in [2.05, 4.69) is 36.3 Å². The molecule has 0 radical (unpaired) electrons. The molecule has 1 aromatic heterocycles. The summed E-state index contributed by atoms with van der Waals surface area (Å²) in [5, 5.41) is 10.8. The van der Waals surface area contributed by atoms with Crippen LogP contribution in [0.2, 0.25) is 0 Å². The summed E-state index contributed by atoms with van der Waals surface area (Å²) in [5.41, 5.74) is 3.61. The molecule has 0 amide bonds. The van der Waals surface area contributed by atoms with E-state index in [0.717, 1.165) is 31.0 Å². The minimum absolute atomic E-state index is 0.0934. The van der Waals surface area contributed by atoms with E-state index in [1.807, 2.05) is 6.92 Å². The molecule has 4 heteroatoms. The predicted octanol–water partition coefficient (Wildman–Crippen LogP) is 1.68. The molecule has 1 aromatic rings. The molecule has 0 saturated carbocycles. The third-order valence-corrected chi connectivity index (χ3v) is 3.84. The van der Waals surface area contributed by atoms with E-state index < -0.39 is 0 Å². The minimum atomic E-state index is 0.0934. The predicted molar refractivity (Wildman–Crippen MR) is 63.3 cm³/mol. The standard InChI is InChI=1S/C12H21N3O/c1-8-11(9(2)15-14-8)7-13-12(4)5-6-16-10(12)3/h10,13H,5-7H2,1-4H3,(H,14,15). The van der Waals surface area contributed by atoms with Crippen molar-refractivity contribution >= 4 is 0 Å². The second-order valence-corrected chi connectivity index (χ2v) is 4.95. The zero-order valence-electron chi connectivity index (χ0n) is 10.6. The molecule has 1 aliphatic heterocycles. The highest BCUT2D eigenvalue weighted by Gasteiger charge is 2.36. The van der Waals surface area contributed by atoms with Crippen LogP contribution in [0.5, 0.6) is 0 Å². The lowest BCUT2D eigenvalue weighted by atomic mass is 9.94. The number of rotatable bonds is 3. The second-order valence-electron chi connectivity index (χ2n) is 4.95. The molecule has 2 atom stereocenters. The summed E-state index contributed by atoms with van der Waals surface area (Å²) < 4.78 is 5.61. The van der Waals surface area contributed by atoms with Gasteiger partial charge in [0.25, 0.3) is 0 Å². The van der Waals surface area contributed by atoms with E-state index in [0.29, 0.717) is 0 Å². The van der Waals surface area contributed by atoms with Crippen molar-refractivity contribution in [3.63, 3.8) is 0 Å². The maximum absolute atomic E-state index is 5.61. The van der Waals surface area contributed by atoms with Crippen LogP contribution in [0.15, 0.2) is 0 Å². The van der Waals surface area contributed by atoms with Crippen LogP contribution in [0.3, 0.4) is 0 Å². The fourth-order valence-corrected chi connectivity index (χ4v) is 2.19. The Kier molecular flexibility index (Phi) is 3.04. The highest BCUT2D eigenvalue weighted by atomic mass is 16.5. The number of nitrogens with one attached hydrogen (secondary N) is 2. The highest BCUT2D eigenvalue weighted by Crippen LogP contribution is 2.25. The molecule has 2 N–H and O–H groups in total. The van der Waals surface area contributed by atoms with Gasteiger partial charge in [0.05, 0.1) is 11.8 Å². The summed E-state index contributed by atoms with van der Waals surface area (Å²) in [4.78, 5) is 0. The van der Waals surface area contributed by atoms with Crippen molar-refractivity contribution in [2.45, 2.75) is 52.3 Å². The Morgan fingerprint density at radius 1 is 1.56 bits per heavy atom. The molecule has 90 valence electrons. The number of H-pyrrole nitrogens is 1. The van der Waals surface area contributed by atoms with E-state index in [1.54, 1.807) is 0 Å². The highest BCUT2D eigenvalue weighted by molar-refractivity contribution is 5.23. The maximum atomic E-state index is 5.61. The van der Waals surface area contributed by atoms with Gasteiger partial charge in [-0.05, 0) is 34.1 Å². The monoisotopic (exact) mass is 223 g/mol. The smallest absolute Gasteiger partial charge is 0.0726 e. The van der Waals surface area contributed by atoms with Gasteiger partial charge in [-0.15, -0.1) is 0 Å². The quantitative estimate of drug-likeness (QED) is 0.819. The lowest BCUT2D eigenvalue weighted by molar-refractivity contribution is 0.0881. The van der Waals surface area contributed by atoms with Gasteiger partial charge in [-0.25, -0.2) is 0 Å². The lowest BCUT2D eigenvalue weighted by Crippen LogP contribution is -2.47. The number of aromatic amines is 1. The van der Waals surface area contributed by atoms with Crippen LogP contribution in [-0.2, 0) is 11.3 Å². The fourth-order valence-electron chi connectivity index (χ4n) is 2.19. The Bertz CT molecular complexity index is 355. The van der Waals surface area contributed by atoms with Crippen molar-refractivity contribution < 1.29 is 4.74 Å². The van der Waals surface area contributed by atoms with Crippen molar-refractivity contribution in [3.05, 3.63) is 17.0 Å². The molecule has 2 unspecified atom stereocenters. The first kappa shape index (κ1) is 11.6. The van der Waals surface area contributed by atoms with Gasteiger partial charge in [0, 0.05) is 29.9 Å². The van der Waals surface area contributed by atoms with Gasteiger partial charge in [0.1, 0.15) is 0 Å². The Balaban J connectivity index is 2.02. The third-order valence-electron chi connectivity index (χ3n) is 3.84. The SMILES string of the molecule is Cc1n[nH]c(C)c1CNC1(C)CCOC1C. The number of hydrogen-bond donors (Lipinski definition) is 2. The van der Waals surface area contributed by atoms with Gasteiger partial charge < -0.3 is 10.1 Å². The molecular weight excluding hydrogens is 202 g/mol. The second kappa shape index (κ2) is 4.18. The zero-order valence-corrected chi connectivity index (χ0v) is 10.6. The molecule has 4 nitrogen and oxygen atoms in total. The van der Waals surface area contributed by atoms with Gasteiger partial charge in [0.15, 0.2) is 0 Å². The van der Waals surface area contributed by atoms with Crippen LogP contribution in [0, 0.1) is 13.8 Å². The summed E-state index contributed by atoms with van der Waals surface area (Å²) >= 11 is 0. The van der Waals surface area contributed by atoms with Gasteiger partial charge in [0.2, 0.25) is 0 Å². The van der Waals surface area contributed by atoms with E-state index >= 15 is 0 Å². The largest absolute Gasteiger partial charge is 0.377 e. The Hall–Kier alpha value is -0.870. The van der Waals surface area contributed by atoms with E-state index in [9.17, 15) is 0 Å². The summed E-state index contributed by atoms with van der Waals surface area (Å²) in [5.74, 6) is 0. The van der Waals surface area contributed by atoms with E-state index in [-0.39, 0.29) is 11.6 Å². The van der Waals surface area contributed by atoms with Crippen molar-refractivity contribution in [1.29, 1.82) is 0 Å². The van der Waals surface area contributed by atoms with Crippen LogP contribution in [-0.4, -0.2) is 28.4 Å². The van der Waals surface area contributed by atoms with Crippen LogP contribution in [0.1, 0.15) is 37.2 Å². The Labute approximate surface area is 96.8 Å². The van der Waals surface area contributed by atoms with Crippen LogP contribution in [0.4, 0.5) is 0 Å². The van der Waals surface area contributed by atoms with Crippen LogP contribution in [0.25, 0.3) is 0 Å². The zero-order chi connectivity index (χ0) is 11.8. The summed E-state index contributed by atoms with van der Waals surface area (Å²) in [6.07, 6.45) is 1.35. The number of aryl methyl sites for hydroxylation is 2. The molecule has 0 bridgehead atoms. The van der Waals surface area contributed by atoms with Crippen molar-refractivity contribution in [2.24, 2.45) is 0 Å². The molecule has 2 rings (SSSR count). The molecule has 16 heavy (non-hydrogen) atoms. The summed E-state index contributed by atoms with van der Waals surface area (Å²) in [6.45, 7) is 10.2. The third kappa shape index (κ3) is 1.99. The molecule has 0 aromatic carbocycles. The lowest BCUT2D eigenvalue weighted by Gasteiger charge is -2.29. The van der Waals surface area contributed by atoms with Crippen LogP contribution < -0.4 is 5.32 Å². The average molecular weight is 223 g/mol. The van der Waals surface area contributed by atoms with Gasteiger partial charge >= 0.3 is 0 Å². The molecule has 1 aliphatic rings. The van der Waals surface area contributed by atoms with E-state index in [4.69, 9.17) is 4.74 Å². The number of ether oxygens (including phenoxy) is 1. The first-order valence-electron chi connectivity index (χ1n) is 5.90. The van der Waals surface area contributed by atoms with Crippen molar-refractivity contribution in [1.82, 2.24) is 15.5 Å².